The van der Waals surface area contributed by atoms with E-state index in [2.05, 4.69) is 31.2 Å². The van der Waals surface area contributed by atoms with Crippen molar-refractivity contribution in [2.45, 2.75) is 25.6 Å². The van der Waals surface area contributed by atoms with Crippen molar-refractivity contribution < 1.29 is 18.3 Å². The maximum Gasteiger partial charge on any atom is 0.416 e. The zero-order valence-electron chi connectivity index (χ0n) is 8.92. The summed E-state index contributed by atoms with van der Waals surface area (Å²) in [6.07, 6.45) is -6.48. The molecule has 0 fully saturated rings. The molecule has 0 saturated carbocycles. The number of aryl methyl sites for hydroxylation is 1. The number of aliphatic hydroxyl groups is 1. The Balaban J connectivity index is 2.66. The van der Waals surface area contributed by atoms with Crippen LogP contribution in [0.15, 0.2) is 10.7 Å². The summed E-state index contributed by atoms with van der Waals surface area (Å²) in [5, 5.41) is 11.2. The van der Waals surface area contributed by atoms with Crippen molar-refractivity contribution in [3.63, 3.8) is 0 Å². The predicted octanol–water partition coefficient (Wildman–Crippen LogP) is 2.14. The highest BCUT2D eigenvalue weighted by atomic mass is 79.9. The van der Waals surface area contributed by atoms with Gasteiger partial charge in [-0.05, 0) is 15.9 Å². The number of anilines is 1. The Labute approximate surface area is 104 Å². The highest BCUT2D eigenvalue weighted by Crippen LogP contribution is 2.20. The largest absolute Gasteiger partial charge is 0.416 e. The molecule has 0 amide bonds. The van der Waals surface area contributed by atoms with Crippen LogP contribution >= 0.6 is 15.9 Å². The molecule has 2 N–H and O–H groups in total. The molecular weight excluding hydrogens is 303 g/mol. The van der Waals surface area contributed by atoms with E-state index in [1.54, 1.807) is 0 Å². The second kappa shape index (κ2) is 5.63. The van der Waals surface area contributed by atoms with E-state index in [1.807, 2.05) is 6.92 Å². The molecular formula is C9H11BrF3N3O. The number of rotatable bonds is 4. The first-order chi connectivity index (χ1) is 7.82. The Morgan fingerprint density at radius 2 is 2.12 bits per heavy atom. The summed E-state index contributed by atoms with van der Waals surface area (Å²) in [4.78, 5) is 7.98. The first-order valence-electron chi connectivity index (χ1n) is 4.85. The molecule has 1 unspecified atom stereocenters. The zero-order chi connectivity index (χ0) is 13.1. The molecule has 0 aliphatic carbocycles. The third-order valence-corrected chi connectivity index (χ3v) is 2.32. The van der Waals surface area contributed by atoms with Crippen molar-refractivity contribution in [2.24, 2.45) is 0 Å². The average Bonchev–Trinajstić information content (AvgIpc) is 2.23. The van der Waals surface area contributed by atoms with Gasteiger partial charge < -0.3 is 10.4 Å². The van der Waals surface area contributed by atoms with Crippen LogP contribution in [0.5, 0.6) is 0 Å². The molecule has 1 aromatic heterocycles. The number of alkyl halides is 3. The molecule has 0 radical (unpaired) electrons. The van der Waals surface area contributed by atoms with Gasteiger partial charge in [0.15, 0.2) is 6.10 Å². The lowest BCUT2D eigenvalue weighted by Crippen LogP contribution is -2.35. The van der Waals surface area contributed by atoms with E-state index < -0.39 is 18.8 Å². The Morgan fingerprint density at radius 3 is 2.65 bits per heavy atom. The number of aromatic nitrogens is 2. The standard InChI is InChI=1S/C9H11BrF3N3O/c1-2-7-15-6(10)3-8(16-7)14-4-5(17)9(11,12)13/h3,5,17H,2,4H2,1H3,(H,14,15,16). The average molecular weight is 314 g/mol. The van der Waals surface area contributed by atoms with Gasteiger partial charge in [0.25, 0.3) is 0 Å². The number of hydrogen-bond acceptors (Lipinski definition) is 4. The summed E-state index contributed by atoms with van der Waals surface area (Å²) >= 11 is 3.12. The SMILES string of the molecule is CCc1nc(Br)cc(NCC(O)C(F)(F)F)n1. The Hall–Kier alpha value is -0.890. The van der Waals surface area contributed by atoms with Crippen molar-refractivity contribution in [2.75, 3.05) is 11.9 Å². The molecule has 0 aliphatic rings. The minimum absolute atomic E-state index is 0.243. The van der Waals surface area contributed by atoms with Crippen LogP contribution in [0.2, 0.25) is 0 Å². The van der Waals surface area contributed by atoms with Crippen molar-refractivity contribution in [3.8, 4) is 0 Å². The summed E-state index contributed by atoms with van der Waals surface area (Å²) in [5.41, 5.74) is 0. The van der Waals surface area contributed by atoms with E-state index in [1.165, 1.54) is 6.07 Å². The molecule has 0 bridgehead atoms. The lowest BCUT2D eigenvalue weighted by Gasteiger charge is -2.15. The normalized spacial score (nSPS) is 13.5. The predicted molar refractivity (Wildman–Crippen MR) is 59.7 cm³/mol. The van der Waals surface area contributed by atoms with E-state index in [0.717, 1.165) is 0 Å². The molecule has 0 spiro atoms. The van der Waals surface area contributed by atoms with Crippen LogP contribution in [0.25, 0.3) is 0 Å². The Morgan fingerprint density at radius 1 is 1.47 bits per heavy atom. The summed E-state index contributed by atoms with van der Waals surface area (Å²) in [7, 11) is 0. The van der Waals surface area contributed by atoms with E-state index in [4.69, 9.17) is 5.11 Å². The summed E-state index contributed by atoms with van der Waals surface area (Å²) in [6, 6.07) is 1.45. The quantitative estimate of drug-likeness (QED) is 0.836. The number of aliphatic hydroxyl groups excluding tert-OH is 1. The van der Waals surface area contributed by atoms with Gasteiger partial charge >= 0.3 is 6.18 Å². The van der Waals surface area contributed by atoms with Crippen LogP contribution in [0.4, 0.5) is 19.0 Å². The van der Waals surface area contributed by atoms with Crippen molar-refractivity contribution in [3.05, 3.63) is 16.5 Å². The van der Waals surface area contributed by atoms with Gasteiger partial charge in [-0.3, -0.25) is 0 Å². The van der Waals surface area contributed by atoms with Crippen molar-refractivity contribution in [1.29, 1.82) is 0 Å². The number of hydrogen-bond donors (Lipinski definition) is 2. The summed E-state index contributed by atoms with van der Waals surface area (Å²) in [5.74, 6) is 0.746. The van der Waals surface area contributed by atoms with E-state index in [0.29, 0.717) is 16.8 Å². The topological polar surface area (TPSA) is 58.0 Å². The minimum Gasteiger partial charge on any atom is -0.382 e. The molecule has 0 aromatic carbocycles. The van der Waals surface area contributed by atoms with Crippen LogP contribution < -0.4 is 5.32 Å². The molecule has 0 aliphatic heterocycles. The lowest BCUT2D eigenvalue weighted by atomic mass is 10.3. The fourth-order valence-electron chi connectivity index (χ4n) is 1.03. The van der Waals surface area contributed by atoms with Crippen LogP contribution in [-0.2, 0) is 6.42 Å². The van der Waals surface area contributed by atoms with Gasteiger partial charge in [0.1, 0.15) is 16.2 Å². The maximum atomic E-state index is 12.0. The Bertz CT molecular complexity index is 386. The zero-order valence-corrected chi connectivity index (χ0v) is 10.5. The summed E-state index contributed by atoms with van der Waals surface area (Å²) in [6.45, 7) is 1.19. The molecule has 1 aromatic rings. The molecule has 17 heavy (non-hydrogen) atoms. The molecule has 0 saturated heterocycles. The molecule has 1 atom stereocenters. The van der Waals surface area contributed by atoms with E-state index in [-0.39, 0.29) is 5.82 Å². The lowest BCUT2D eigenvalue weighted by molar-refractivity contribution is -0.198. The molecule has 1 rings (SSSR count). The third-order valence-electron chi connectivity index (χ3n) is 1.91. The molecule has 8 heteroatoms. The van der Waals surface area contributed by atoms with Crippen LogP contribution in [0, 0.1) is 0 Å². The van der Waals surface area contributed by atoms with Crippen molar-refractivity contribution in [1.82, 2.24) is 9.97 Å². The van der Waals surface area contributed by atoms with Crippen LogP contribution in [0.1, 0.15) is 12.7 Å². The first-order valence-corrected chi connectivity index (χ1v) is 5.64. The summed E-state index contributed by atoms with van der Waals surface area (Å²) < 4.78 is 36.6. The van der Waals surface area contributed by atoms with Crippen molar-refractivity contribution >= 4 is 21.7 Å². The Kier molecular flexibility index (Phi) is 4.70. The highest BCUT2D eigenvalue weighted by molar-refractivity contribution is 9.10. The van der Waals surface area contributed by atoms with Crippen LogP contribution in [-0.4, -0.2) is 33.9 Å². The maximum absolute atomic E-state index is 12.0. The van der Waals surface area contributed by atoms with Crippen LogP contribution in [0.3, 0.4) is 0 Å². The smallest absolute Gasteiger partial charge is 0.382 e. The monoisotopic (exact) mass is 313 g/mol. The highest BCUT2D eigenvalue weighted by Gasteiger charge is 2.37. The first kappa shape index (κ1) is 14.2. The minimum atomic E-state index is -4.63. The number of halogens is 4. The number of nitrogens with zero attached hydrogens (tertiary/aromatic N) is 2. The van der Waals surface area contributed by atoms with E-state index >= 15 is 0 Å². The van der Waals surface area contributed by atoms with Gasteiger partial charge in [-0.25, -0.2) is 9.97 Å². The second-order valence-electron chi connectivity index (χ2n) is 3.28. The van der Waals surface area contributed by atoms with E-state index in [9.17, 15) is 13.2 Å². The van der Waals surface area contributed by atoms with Gasteiger partial charge in [0.05, 0.1) is 6.54 Å². The van der Waals surface area contributed by atoms with Gasteiger partial charge in [-0.2, -0.15) is 13.2 Å². The molecule has 96 valence electrons. The third kappa shape index (κ3) is 4.47. The fourth-order valence-corrected chi connectivity index (χ4v) is 1.45. The van der Waals surface area contributed by atoms with Gasteiger partial charge in [-0.15, -0.1) is 0 Å². The molecule has 4 nitrogen and oxygen atoms in total. The molecule has 1 heterocycles. The second-order valence-corrected chi connectivity index (χ2v) is 4.10. The van der Waals surface area contributed by atoms with Gasteiger partial charge in [0, 0.05) is 12.5 Å². The number of nitrogens with one attached hydrogen (secondary N) is 1. The van der Waals surface area contributed by atoms with Gasteiger partial charge in [-0.1, -0.05) is 6.92 Å². The van der Waals surface area contributed by atoms with Gasteiger partial charge in [0.2, 0.25) is 0 Å². The fraction of sp³-hybridized carbons (Fsp3) is 0.556.